The van der Waals surface area contributed by atoms with Crippen LogP contribution in [-0.2, 0) is 9.53 Å². The molecular formula is C20H16O6. The minimum Gasteiger partial charge on any atom is -0.504 e. The molecule has 0 amide bonds. The molecule has 0 saturated heterocycles. The Hall–Kier alpha value is -3.67. The van der Waals surface area contributed by atoms with E-state index < -0.39 is 5.97 Å². The Morgan fingerprint density at radius 2 is 1.85 bits per heavy atom. The maximum absolute atomic E-state index is 11.6. The Morgan fingerprint density at radius 3 is 2.58 bits per heavy atom. The number of hydrogen-bond donors (Lipinski definition) is 3. The third-order valence-electron chi connectivity index (χ3n) is 3.70. The van der Waals surface area contributed by atoms with Crippen molar-refractivity contribution in [2.75, 3.05) is 6.61 Å². The molecule has 0 radical (unpaired) electrons. The monoisotopic (exact) mass is 352 g/mol. The first-order valence-corrected chi connectivity index (χ1v) is 7.73. The summed E-state index contributed by atoms with van der Waals surface area (Å²) >= 11 is 0. The normalized spacial score (nSPS) is 11.1. The average Bonchev–Trinajstić information content (AvgIpc) is 3.08. The van der Waals surface area contributed by atoms with Crippen molar-refractivity contribution in [1.29, 1.82) is 0 Å². The van der Waals surface area contributed by atoms with Gasteiger partial charge in [0.1, 0.15) is 12.4 Å². The molecular weight excluding hydrogens is 336 g/mol. The molecule has 3 N–H and O–H groups in total. The van der Waals surface area contributed by atoms with Gasteiger partial charge in [-0.25, -0.2) is 4.79 Å². The third-order valence-corrected chi connectivity index (χ3v) is 3.70. The Morgan fingerprint density at radius 1 is 1.08 bits per heavy atom. The first kappa shape index (κ1) is 17.2. The highest BCUT2D eigenvalue weighted by molar-refractivity contribution is 5.97. The van der Waals surface area contributed by atoms with Gasteiger partial charge in [-0.3, -0.25) is 0 Å². The van der Waals surface area contributed by atoms with Gasteiger partial charge < -0.3 is 24.5 Å². The summed E-state index contributed by atoms with van der Waals surface area (Å²) in [5.74, 6) is -0.703. The molecule has 0 fully saturated rings. The summed E-state index contributed by atoms with van der Waals surface area (Å²) in [7, 11) is 0. The highest BCUT2D eigenvalue weighted by atomic mass is 16.5. The molecule has 26 heavy (non-hydrogen) atoms. The van der Waals surface area contributed by atoms with Gasteiger partial charge in [0.25, 0.3) is 0 Å². The van der Waals surface area contributed by atoms with Crippen LogP contribution in [-0.4, -0.2) is 27.9 Å². The summed E-state index contributed by atoms with van der Waals surface area (Å²) < 4.78 is 10.6. The van der Waals surface area contributed by atoms with E-state index in [4.69, 9.17) is 9.15 Å². The molecule has 1 aromatic heterocycles. The number of ether oxygens (including phenoxy) is 1. The molecule has 0 aliphatic carbocycles. The van der Waals surface area contributed by atoms with Gasteiger partial charge in [0.2, 0.25) is 0 Å². The summed E-state index contributed by atoms with van der Waals surface area (Å²) in [4.78, 5) is 11.6. The van der Waals surface area contributed by atoms with Crippen molar-refractivity contribution in [1.82, 2.24) is 0 Å². The smallest absolute Gasteiger partial charge is 0.331 e. The number of benzene rings is 2. The van der Waals surface area contributed by atoms with E-state index >= 15 is 0 Å². The van der Waals surface area contributed by atoms with Crippen molar-refractivity contribution in [3.05, 3.63) is 60.7 Å². The first-order valence-electron chi connectivity index (χ1n) is 7.73. The van der Waals surface area contributed by atoms with Gasteiger partial charge in [-0.2, -0.15) is 0 Å². The second-order valence-electron chi connectivity index (χ2n) is 5.48. The van der Waals surface area contributed by atoms with E-state index in [2.05, 4.69) is 6.58 Å². The zero-order valence-electron chi connectivity index (χ0n) is 13.7. The van der Waals surface area contributed by atoms with Crippen LogP contribution in [0, 0.1) is 0 Å². The van der Waals surface area contributed by atoms with E-state index in [1.54, 1.807) is 24.3 Å². The summed E-state index contributed by atoms with van der Waals surface area (Å²) in [5, 5.41) is 29.7. The first-order chi connectivity index (χ1) is 12.5. The number of carbonyl (C=O) groups is 1. The number of rotatable bonds is 5. The fraction of sp³-hybridized carbons (Fsp3) is 0.0500. The predicted octanol–water partition coefficient (Wildman–Crippen LogP) is 3.96. The molecule has 6 nitrogen and oxygen atoms in total. The number of aromatic hydroxyl groups is 3. The molecule has 6 heteroatoms. The van der Waals surface area contributed by atoms with E-state index in [9.17, 15) is 20.1 Å². The molecule has 2 aromatic carbocycles. The van der Waals surface area contributed by atoms with Gasteiger partial charge in [-0.15, -0.1) is 0 Å². The van der Waals surface area contributed by atoms with Gasteiger partial charge >= 0.3 is 5.97 Å². The molecule has 0 bridgehead atoms. The lowest BCUT2D eigenvalue weighted by Crippen LogP contribution is -1.99. The molecule has 0 saturated carbocycles. The quantitative estimate of drug-likeness (QED) is 0.278. The number of furan rings is 1. The van der Waals surface area contributed by atoms with Crippen LogP contribution in [0.1, 0.15) is 5.56 Å². The summed E-state index contributed by atoms with van der Waals surface area (Å²) in [6.07, 6.45) is 4.30. The van der Waals surface area contributed by atoms with Crippen molar-refractivity contribution in [3.8, 4) is 28.6 Å². The van der Waals surface area contributed by atoms with Crippen LogP contribution >= 0.6 is 0 Å². The Balaban J connectivity index is 2.01. The summed E-state index contributed by atoms with van der Waals surface area (Å²) in [6.45, 7) is 3.59. The fourth-order valence-electron chi connectivity index (χ4n) is 2.44. The topological polar surface area (TPSA) is 100 Å². The van der Waals surface area contributed by atoms with E-state index in [1.807, 2.05) is 0 Å². The number of hydrogen-bond acceptors (Lipinski definition) is 6. The maximum atomic E-state index is 11.6. The molecule has 0 aliphatic rings. The summed E-state index contributed by atoms with van der Waals surface area (Å²) in [6, 6.07) is 9.04. The Bertz CT molecular complexity index is 1010. The lowest BCUT2D eigenvalue weighted by Gasteiger charge is -2.00. The number of fused-ring (bicyclic) bond motifs is 1. The van der Waals surface area contributed by atoms with Crippen molar-refractivity contribution >= 4 is 23.0 Å². The molecule has 0 unspecified atom stereocenters. The molecule has 3 rings (SSSR count). The highest BCUT2D eigenvalue weighted by Crippen LogP contribution is 2.37. The van der Waals surface area contributed by atoms with Gasteiger partial charge in [0.05, 0.1) is 0 Å². The van der Waals surface area contributed by atoms with Crippen LogP contribution in [0.4, 0.5) is 0 Å². The number of phenolic OH excluding ortho intramolecular Hbond substituents is 3. The SMILES string of the molecule is C=CCOC(=O)/C=C/c1ccc(O)c2oc(-c3ccc(O)c(O)c3)cc12. The van der Waals surface area contributed by atoms with Gasteiger partial charge in [-0.05, 0) is 42.0 Å². The minimum absolute atomic E-state index is 0.0550. The van der Waals surface area contributed by atoms with Gasteiger partial charge in [0, 0.05) is 17.0 Å². The zero-order valence-corrected chi connectivity index (χ0v) is 13.7. The fourth-order valence-corrected chi connectivity index (χ4v) is 2.44. The Labute approximate surface area is 148 Å². The zero-order chi connectivity index (χ0) is 18.7. The largest absolute Gasteiger partial charge is 0.504 e. The lowest BCUT2D eigenvalue weighted by molar-refractivity contribution is -0.136. The van der Waals surface area contributed by atoms with Crippen LogP contribution in [0.25, 0.3) is 28.4 Å². The van der Waals surface area contributed by atoms with Crippen LogP contribution in [0.15, 0.2) is 59.5 Å². The van der Waals surface area contributed by atoms with Crippen LogP contribution in [0.3, 0.4) is 0 Å². The lowest BCUT2D eigenvalue weighted by atomic mass is 10.1. The van der Waals surface area contributed by atoms with Crippen molar-refractivity contribution in [2.24, 2.45) is 0 Å². The van der Waals surface area contributed by atoms with Crippen molar-refractivity contribution < 1.29 is 29.3 Å². The van der Waals surface area contributed by atoms with E-state index in [0.717, 1.165) is 0 Å². The number of phenols is 3. The Kier molecular flexibility index (Phi) is 4.66. The number of esters is 1. The van der Waals surface area contributed by atoms with Gasteiger partial charge in [0.15, 0.2) is 22.8 Å². The molecule has 132 valence electrons. The minimum atomic E-state index is -0.515. The van der Waals surface area contributed by atoms with Crippen molar-refractivity contribution in [3.63, 3.8) is 0 Å². The van der Waals surface area contributed by atoms with Crippen LogP contribution in [0.2, 0.25) is 0 Å². The van der Waals surface area contributed by atoms with E-state index in [0.29, 0.717) is 22.3 Å². The number of carbonyl (C=O) groups excluding carboxylic acids is 1. The maximum Gasteiger partial charge on any atom is 0.331 e. The average molecular weight is 352 g/mol. The highest BCUT2D eigenvalue weighted by Gasteiger charge is 2.13. The summed E-state index contributed by atoms with van der Waals surface area (Å²) in [5.41, 5.74) is 1.41. The van der Waals surface area contributed by atoms with Crippen molar-refractivity contribution in [2.45, 2.75) is 0 Å². The molecule has 1 heterocycles. The predicted molar refractivity (Wildman–Crippen MR) is 96.8 cm³/mol. The van der Waals surface area contributed by atoms with Crippen LogP contribution < -0.4 is 0 Å². The second kappa shape index (κ2) is 7.06. The second-order valence-corrected chi connectivity index (χ2v) is 5.48. The standard InChI is InChI=1S/C20H16O6/c1-2-9-25-19(24)8-5-12-3-7-16(22)20-14(12)11-18(26-20)13-4-6-15(21)17(23)10-13/h2-8,10-11,21-23H,1,9H2/b8-5+. The molecule has 0 spiro atoms. The molecule has 3 aromatic rings. The van der Waals surface area contributed by atoms with E-state index in [1.165, 1.54) is 30.4 Å². The van der Waals surface area contributed by atoms with E-state index in [-0.39, 0.29) is 29.4 Å². The molecule has 0 atom stereocenters. The van der Waals surface area contributed by atoms with Gasteiger partial charge in [-0.1, -0.05) is 18.7 Å². The molecule has 0 aliphatic heterocycles. The third kappa shape index (κ3) is 3.39. The van der Waals surface area contributed by atoms with Crippen LogP contribution in [0.5, 0.6) is 17.2 Å².